The molecule has 0 bridgehead atoms. The summed E-state index contributed by atoms with van der Waals surface area (Å²) in [6.45, 7) is 2.46. The Bertz CT molecular complexity index is 856. The van der Waals surface area contributed by atoms with Crippen molar-refractivity contribution in [2.24, 2.45) is 5.92 Å². The van der Waals surface area contributed by atoms with Gasteiger partial charge in [0.05, 0.1) is 25.7 Å². The summed E-state index contributed by atoms with van der Waals surface area (Å²) in [4.78, 5) is 15.4. The molecule has 2 aliphatic rings. The maximum absolute atomic E-state index is 13.1. The molecule has 0 radical (unpaired) electrons. The van der Waals surface area contributed by atoms with Crippen molar-refractivity contribution in [2.45, 2.75) is 31.4 Å². The van der Waals surface area contributed by atoms with Gasteiger partial charge in [0.15, 0.2) is 17.3 Å². The maximum Gasteiger partial charge on any atom is 0.169 e. The fraction of sp³-hybridized carbons (Fsp3) is 0.435. The van der Waals surface area contributed by atoms with E-state index in [0.717, 1.165) is 25.2 Å². The number of aliphatic hydroxyl groups is 1. The number of ketones is 1. The van der Waals surface area contributed by atoms with Crippen molar-refractivity contribution in [2.75, 3.05) is 27.3 Å². The van der Waals surface area contributed by atoms with Crippen molar-refractivity contribution >= 4 is 5.78 Å². The van der Waals surface area contributed by atoms with E-state index in [2.05, 4.69) is 17.0 Å². The second kappa shape index (κ2) is 7.57. The molecule has 0 saturated carbocycles. The van der Waals surface area contributed by atoms with E-state index in [4.69, 9.17) is 9.47 Å². The van der Waals surface area contributed by atoms with Gasteiger partial charge < -0.3 is 14.6 Å². The van der Waals surface area contributed by atoms with Gasteiger partial charge in [0.1, 0.15) is 0 Å². The molecule has 5 heteroatoms. The van der Waals surface area contributed by atoms with Crippen LogP contribution < -0.4 is 9.47 Å². The Kier molecular flexibility index (Phi) is 5.13. The quantitative estimate of drug-likeness (QED) is 0.863. The van der Waals surface area contributed by atoms with Crippen LogP contribution in [0.5, 0.6) is 11.5 Å². The number of Topliss-reactive ketones (excluding diaryl/α,β-unsaturated/α-hetero) is 1. The number of methoxy groups -OCH3 is 2. The lowest BCUT2D eigenvalue weighted by Crippen LogP contribution is -2.50. The first-order valence-corrected chi connectivity index (χ1v) is 9.82. The standard InChI is InChI=1S/C23H27NO4/c1-27-20-13-17-12-19(22(25)18(17)14-21(20)28-2)23(26)8-10-24(11-9-23)15-16-6-4-3-5-7-16/h3-7,13-14,19,26H,8-12,15H2,1-2H3. The summed E-state index contributed by atoms with van der Waals surface area (Å²) in [7, 11) is 3.16. The summed E-state index contributed by atoms with van der Waals surface area (Å²) in [5.41, 5.74) is 1.91. The summed E-state index contributed by atoms with van der Waals surface area (Å²) in [6, 6.07) is 14.0. The van der Waals surface area contributed by atoms with Crippen LogP contribution in [0.3, 0.4) is 0 Å². The number of piperidine rings is 1. The zero-order chi connectivity index (χ0) is 19.7. The summed E-state index contributed by atoms with van der Waals surface area (Å²) in [5.74, 6) is 0.812. The minimum absolute atomic E-state index is 0.0231. The van der Waals surface area contributed by atoms with Gasteiger partial charge in [-0.3, -0.25) is 9.69 Å². The van der Waals surface area contributed by atoms with Crippen LogP contribution in [0.25, 0.3) is 0 Å². The van der Waals surface area contributed by atoms with Crippen LogP contribution in [0, 0.1) is 5.92 Å². The molecule has 28 heavy (non-hydrogen) atoms. The largest absolute Gasteiger partial charge is 0.493 e. The van der Waals surface area contributed by atoms with Crippen LogP contribution in [-0.4, -0.2) is 48.7 Å². The lowest BCUT2D eigenvalue weighted by molar-refractivity contribution is -0.0561. The highest BCUT2D eigenvalue weighted by Crippen LogP contribution is 2.43. The average molecular weight is 381 g/mol. The first-order chi connectivity index (χ1) is 13.5. The smallest absolute Gasteiger partial charge is 0.169 e. The molecule has 1 aliphatic heterocycles. The number of carbonyl (C=O) groups is 1. The minimum atomic E-state index is -0.955. The van der Waals surface area contributed by atoms with Crippen LogP contribution in [0.4, 0.5) is 0 Å². The molecule has 1 fully saturated rings. The number of nitrogens with zero attached hydrogens (tertiary/aromatic N) is 1. The Balaban J connectivity index is 1.47. The lowest BCUT2D eigenvalue weighted by atomic mass is 9.77. The van der Waals surface area contributed by atoms with Crippen LogP contribution >= 0.6 is 0 Å². The molecule has 1 heterocycles. The highest BCUT2D eigenvalue weighted by Gasteiger charge is 2.47. The molecular weight excluding hydrogens is 354 g/mol. The number of carbonyl (C=O) groups excluding carboxylic acids is 1. The molecule has 0 amide bonds. The summed E-state index contributed by atoms with van der Waals surface area (Å²) in [6.07, 6.45) is 1.78. The first-order valence-electron chi connectivity index (χ1n) is 9.82. The fourth-order valence-corrected chi connectivity index (χ4v) is 4.54. The number of likely N-dealkylation sites (tertiary alicyclic amines) is 1. The Labute approximate surface area is 165 Å². The van der Waals surface area contributed by atoms with Gasteiger partial charge >= 0.3 is 0 Å². The third-order valence-corrected chi connectivity index (χ3v) is 6.23. The molecule has 0 spiro atoms. The fourth-order valence-electron chi connectivity index (χ4n) is 4.54. The van der Waals surface area contributed by atoms with Crippen LogP contribution in [-0.2, 0) is 13.0 Å². The van der Waals surface area contributed by atoms with Crippen molar-refractivity contribution in [1.82, 2.24) is 4.90 Å². The normalized spacial score (nSPS) is 21.4. The Morgan fingerprint density at radius 2 is 1.71 bits per heavy atom. The van der Waals surface area contributed by atoms with E-state index < -0.39 is 11.5 Å². The van der Waals surface area contributed by atoms with Gasteiger partial charge in [-0.1, -0.05) is 30.3 Å². The Morgan fingerprint density at radius 1 is 1.07 bits per heavy atom. The lowest BCUT2D eigenvalue weighted by Gasteiger charge is -2.41. The molecule has 5 nitrogen and oxygen atoms in total. The second-order valence-electron chi connectivity index (χ2n) is 7.85. The molecule has 1 N–H and O–H groups in total. The van der Waals surface area contributed by atoms with Crippen molar-refractivity contribution in [3.63, 3.8) is 0 Å². The van der Waals surface area contributed by atoms with Crippen LogP contribution in [0.2, 0.25) is 0 Å². The molecule has 1 aliphatic carbocycles. The van der Waals surface area contributed by atoms with Gasteiger partial charge in [0, 0.05) is 25.2 Å². The van der Waals surface area contributed by atoms with E-state index in [9.17, 15) is 9.90 Å². The maximum atomic E-state index is 13.1. The molecular formula is C23H27NO4. The molecule has 1 unspecified atom stereocenters. The second-order valence-corrected chi connectivity index (χ2v) is 7.85. The number of rotatable bonds is 5. The van der Waals surface area contributed by atoms with Crippen LogP contribution in [0.1, 0.15) is 34.3 Å². The number of fused-ring (bicyclic) bond motifs is 1. The Morgan fingerprint density at radius 3 is 2.36 bits per heavy atom. The first kappa shape index (κ1) is 19.0. The van der Waals surface area contributed by atoms with E-state index in [1.807, 2.05) is 24.3 Å². The monoisotopic (exact) mass is 381 g/mol. The molecule has 2 aromatic carbocycles. The molecule has 1 saturated heterocycles. The van der Waals surface area contributed by atoms with Gasteiger partial charge in [0.25, 0.3) is 0 Å². The van der Waals surface area contributed by atoms with Gasteiger partial charge in [-0.05, 0) is 42.5 Å². The summed E-state index contributed by atoms with van der Waals surface area (Å²) >= 11 is 0. The van der Waals surface area contributed by atoms with E-state index in [1.165, 1.54) is 5.56 Å². The van der Waals surface area contributed by atoms with E-state index >= 15 is 0 Å². The highest BCUT2D eigenvalue weighted by molar-refractivity contribution is 6.03. The van der Waals surface area contributed by atoms with Crippen molar-refractivity contribution in [3.05, 3.63) is 59.2 Å². The summed E-state index contributed by atoms with van der Waals surface area (Å²) in [5, 5.41) is 11.3. The van der Waals surface area contributed by atoms with Crippen molar-refractivity contribution in [3.8, 4) is 11.5 Å². The molecule has 0 aromatic heterocycles. The topological polar surface area (TPSA) is 59.0 Å². The predicted octanol–water partition coefficient (Wildman–Crippen LogP) is 3.09. The van der Waals surface area contributed by atoms with Crippen LogP contribution in [0.15, 0.2) is 42.5 Å². The summed E-state index contributed by atoms with van der Waals surface area (Å²) < 4.78 is 10.7. The third kappa shape index (κ3) is 3.40. The molecule has 148 valence electrons. The molecule has 4 rings (SSSR count). The van der Waals surface area contributed by atoms with Gasteiger partial charge in [-0.2, -0.15) is 0 Å². The zero-order valence-electron chi connectivity index (χ0n) is 16.5. The van der Waals surface area contributed by atoms with Gasteiger partial charge in [0.2, 0.25) is 0 Å². The number of hydrogen-bond donors (Lipinski definition) is 1. The van der Waals surface area contributed by atoms with Gasteiger partial charge in [-0.15, -0.1) is 0 Å². The molecule has 1 atom stereocenters. The van der Waals surface area contributed by atoms with E-state index in [-0.39, 0.29) is 5.78 Å². The predicted molar refractivity (Wildman–Crippen MR) is 107 cm³/mol. The number of hydrogen-bond acceptors (Lipinski definition) is 5. The number of ether oxygens (including phenoxy) is 2. The minimum Gasteiger partial charge on any atom is -0.493 e. The Hall–Kier alpha value is -2.37. The van der Waals surface area contributed by atoms with Gasteiger partial charge in [-0.25, -0.2) is 0 Å². The van der Waals surface area contributed by atoms with Crippen molar-refractivity contribution < 1.29 is 19.4 Å². The van der Waals surface area contributed by atoms with Crippen molar-refractivity contribution in [1.29, 1.82) is 0 Å². The third-order valence-electron chi connectivity index (χ3n) is 6.23. The zero-order valence-corrected chi connectivity index (χ0v) is 16.5. The number of benzene rings is 2. The van der Waals surface area contributed by atoms with E-state index in [1.54, 1.807) is 20.3 Å². The van der Waals surface area contributed by atoms with E-state index in [0.29, 0.717) is 36.3 Å². The molecule has 2 aromatic rings. The highest BCUT2D eigenvalue weighted by atomic mass is 16.5. The average Bonchev–Trinajstić information content (AvgIpc) is 3.06. The SMILES string of the molecule is COc1cc2c(cc1OC)C(=O)C(C1(O)CCN(Cc3ccccc3)CC1)C2.